The van der Waals surface area contributed by atoms with E-state index in [0.29, 0.717) is 0 Å². The normalized spacial score (nSPS) is 34.2. The van der Waals surface area contributed by atoms with Gasteiger partial charge in [0.05, 0.1) is 0 Å². The van der Waals surface area contributed by atoms with E-state index in [0.717, 1.165) is 0 Å². The van der Waals surface area contributed by atoms with Gasteiger partial charge in [-0.05, 0) is 0 Å². The van der Waals surface area contributed by atoms with E-state index in [1.165, 1.54) is 0 Å². The number of hydrogen-bond donors (Lipinski definition) is 0. The van der Waals surface area contributed by atoms with Gasteiger partial charge in [0.1, 0.15) is 5.78 Å². The maximum Gasteiger partial charge on any atom is 0.148 e. The van der Waals surface area contributed by atoms with Crippen molar-refractivity contribution >= 4 is 5.78 Å². The highest BCUT2D eigenvalue weighted by Crippen LogP contribution is 2.34. The van der Waals surface area contributed by atoms with Gasteiger partial charge in [-0.25, -0.2) is 0 Å². The van der Waals surface area contributed by atoms with E-state index in [4.69, 9.17) is 0 Å². The zero-order chi connectivity index (χ0) is 6.15. The van der Waals surface area contributed by atoms with Crippen molar-refractivity contribution < 1.29 is 4.79 Å². The summed E-state index contributed by atoms with van der Waals surface area (Å²) in [4.78, 5) is 10.5. The third kappa shape index (κ3) is 0.513. The van der Waals surface area contributed by atoms with E-state index in [2.05, 4.69) is 13.2 Å². The van der Waals surface area contributed by atoms with E-state index in [1.54, 1.807) is 12.2 Å². The second-order valence-electron chi connectivity index (χ2n) is 1.93. The van der Waals surface area contributed by atoms with Crippen LogP contribution in [-0.2, 0) is 4.79 Å². The van der Waals surface area contributed by atoms with Crippen LogP contribution in [0.15, 0.2) is 25.3 Å². The molecule has 1 aliphatic carbocycles. The van der Waals surface area contributed by atoms with Gasteiger partial charge in [-0.2, -0.15) is 0 Å². The maximum absolute atomic E-state index is 10.5. The van der Waals surface area contributed by atoms with Gasteiger partial charge in [-0.1, -0.05) is 12.2 Å². The molecule has 0 heterocycles. The molecule has 0 bridgehead atoms. The van der Waals surface area contributed by atoms with E-state index in [9.17, 15) is 4.79 Å². The second kappa shape index (κ2) is 1.58. The largest absolute Gasteiger partial charge is 0.298 e. The van der Waals surface area contributed by atoms with Gasteiger partial charge in [-0.15, -0.1) is 13.2 Å². The minimum atomic E-state index is 0.0903. The summed E-state index contributed by atoms with van der Waals surface area (Å²) in [5.41, 5.74) is 0. The number of ketones is 1. The first kappa shape index (κ1) is 5.29. The summed E-state index contributed by atoms with van der Waals surface area (Å²) in [6, 6.07) is 0. The van der Waals surface area contributed by atoms with Crippen LogP contribution in [0.4, 0.5) is 0 Å². The fraction of sp³-hybridized carbons (Fsp3) is 0.286. The minimum Gasteiger partial charge on any atom is -0.298 e. The molecule has 2 unspecified atom stereocenters. The van der Waals surface area contributed by atoms with Crippen LogP contribution in [0, 0.1) is 11.8 Å². The molecular formula is C7H8O. The summed E-state index contributed by atoms with van der Waals surface area (Å²) in [5.74, 6) is 0.440. The highest BCUT2D eigenvalue weighted by atomic mass is 16.1. The van der Waals surface area contributed by atoms with E-state index >= 15 is 0 Å². The van der Waals surface area contributed by atoms with Crippen molar-refractivity contribution in [3.8, 4) is 0 Å². The van der Waals surface area contributed by atoms with Gasteiger partial charge in [0.25, 0.3) is 0 Å². The van der Waals surface area contributed by atoms with Gasteiger partial charge < -0.3 is 0 Å². The predicted octanol–water partition coefficient (Wildman–Crippen LogP) is 1.17. The Bertz CT molecular complexity index is 130. The maximum atomic E-state index is 10.5. The second-order valence-corrected chi connectivity index (χ2v) is 1.93. The molecule has 1 nitrogen and oxygen atoms in total. The van der Waals surface area contributed by atoms with E-state index < -0.39 is 0 Å². The first-order chi connectivity index (χ1) is 3.81. The predicted molar refractivity (Wildman–Crippen MR) is 32.4 cm³/mol. The average Bonchev–Trinajstić information content (AvgIpc) is 2.40. The van der Waals surface area contributed by atoms with E-state index in [1.807, 2.05) is 0 Å². The molecular weight excluding hydrogens is 100 g/mol. The third-order valence-corrected chi connectivity index (χ3v) is 1.44. The molecule has 1 saturated carbocycles. The summed E-state index contributed by atoms with van der Waals surface area (Å²) in [7, 11) is 0. The first-order valence-electron chi connectivity index (χ1n) is 2.60. The van der Waals surface area contributed by atoms with E-state index in [-0.39, 0.29) is 17.6 Å². The lowest BCUT2D eigenvalue weighted by molar-refractivity contribution is -0.111. The van der Waals surface area contributed by atoms with Crippen molar-refractivity contribution in [2.45, 2.75) is 0 Å². The van der Waals surface area contributed by atoms with Crippen LogP contribution >= 0.6 is 0 Å². The Hall–Kier alpha value is -0.850. The van der Waals surface area contributed by atoms with Crippen molar-refractivity contribution in [2.75, 3.05) is 0 Å². The Morgan fingerprint density at radius 2 is 1.62 bits per heavy atom. The Labute approximate surface area is 48.7 Å². The molecule has 0 aromatic heterocycles. The monoisotopic (exact) mass is 108 g/mol. The number of Topliss-reactive ketones (excluding diaryl/α,β-unsaturated/α-hetero) is 1. The Morgan fingerprint density at radius 1 is 1.25 bits per heavy atom. The molecule has 1 heteroatoms. The molecule has 0 N–H and O–H groups in total. The van der Waals surface area contributed by atoms with Crippen molar-refractivity contribution in [1.29, 1.82) is 0 Å². The number of carbonyl (C=O) groups excluding carboxylic acids is 1. The zero-order valence-electron chi connectivity index (χ0n) is 4.63. The Balaban J connectivity index is 2.57. The molecule has 0 aliphatic heterocycles. The van der Waals surface area contributed by atoms with Crippen molar-refractivity contribution in [3.05, 3.63) is 25.3 Å². The molecule has 0 amide bonds. The molecule has 1 aliphatic rings. The molecule has 0 saturated heterocycles. The van der Waals surface area contributed by atoms with Crippen LogP contribution in [0.25, 0.3) is 0 Å². The van der Waals surface area contributed by atoms with Gasteiger partial charge in [0, 0.05) is 11.8 Å². The Morgan fingerprint density at radius 3 is 1.75 bits per heavy atom. The van der Waals surface area contributed by atoms with Gasteiger partial charge >= 0.3 is 0 Å². The lowest BCUT2D eigenvalue weighted by Gasteiger charge is -1.71. The fourth-order valence-corrected chi connectivity index (χ4v) is 0.805. The number of hydrogen-bond acceptors (Lipinski definition) is 1. The van der Waals surface area contributed by atoms with Crippen molar-refractivity contribution in [2.24, 2.45) is 11.8 Å². The molecule has 42 valence electrons. The highest BCUT2D eigenvalue weighted by Gasteiger charge is 2.43. The SMILES string of the molecule is C=CC1C(=O)C1C=C. The minimum absolute atomic E-state index is 0.0903. The van der Waals surface area contributed by atoms with Crippen molar-refractivity contribution in [3.63, 3.8) is 0 Å². The third-order valence-electron chi connectivity index (χ3n) is 1.44. The molecule has 0 aromatic rings. The van der Waals surface area contributed by atoms with Gasteiger partial charge in [0.2, 0.25) is 0 Å². The summed E-state index contributed by atoms with van der Waals surface area (Å²) in [6.07, 6.45) is 3.35. The van der Waals surface area contributed by atoms with Crippen LogP contribution < -0.4 is 0 Å². The highest BCUT2D eigenvalue weighted by molar-refractivity contribution is 6.02. The van der Waals surface area contributed by atoms with Crippen molar-refractivity contribution in [1.82, 2.24) is 0 Å². The smallest absolute Gasteiger partial charge is 0.148 e. The summed E-state index contributed by atoms with van der Waals surface area (Å²) < 4.78 is 0. The van der Waals surface area contributed by atoms with Crippen LogP contribution in [0.5, 0.6) is 0 Å². The lowest BCUT2D eigenvalue weighted by Crippen LogP contribution is -1.65. The quantitative estimate of drug-likeness (QED) is 0.485. The molecule has 0 radical (unpaired) electrons. The standard InChI is InChI=1S/C7H8O/c1-3-5-6(4-2)7(5)8/h3-6H,1-2H2. The molecule has 0 aromatic carbocycles. The van der Waals surface area contributed by atoms with Crippen LogP contribution in [0.2, 0.25) is 0 Å². The lowest BCUT2D eigenvalue weighted by atomic mass is 10.3. The number of rotatable bonds is 2. The average molecular weight is 108 g/mol. The van der Waals surface area contributed by atoms with Crippen LogP contribution in [0.1, 0.15) is 0 Å². The zero-order valence-corrected chi connectivity index (χ0v) is 4.63. The number of carbonyl (C=O) groups is 1. The van der Waals surface area contributed by atoms with Gasteiger partial charge in [-0.3, -0.25) is 4.79 Å². The molecule has 1 fully saturated rings. The summed E-state index contributed by atoms with van der Waals surface area (Å²) in [5, 5.41) is 0. The topological polar surface area (TPSA) is 17.1 Å². The molecule has 2 atom stereocenters. The summed E-state index contributed by atoms with van der Waals surface area (Å²) >= 11 is 0. The van der Waals surface area contributed by atoms with Crippen LogP contribution in [0.3, 0.4) is 0 Å². The summed E-state index contributed by atoms with van der Waals surface area (Å²) in [6.45, 7) is 7.01. The molecule has 1 rings (SSSR count). The first-order valence-corrected chi connectivity index (χ1v) is 2.60. The molecule has 8 heavy (non-hydrogen) atoms. The number of allylic oxidation sites excluding steroid dienone is 2. The molecule has 0 spiro atoms. The fourth-order valence-electron chi connectivity index (χ4n) is 0.805. The Kier molecular flexibility index (Phi) is 1.05. The van der Waals surface area contributed by atoms with Gasteiger partial charge in [0.15, 0.2) is 0 Å². The van der Waals surface area contributed by atoms with Crippen LogP contribution in [-0.4, -0.2) is 5.78 Å².